The van der Waals surface area contributed by atoms with Crippen molar-refractivity contribution in [2.45, 2.75) is 46.0 Å². The summed E-state index contributed by atoms with van der Waals surface area (Å²) in [6.07, 6.45) is 8.69. The summed E-state index contributed by atoms with van der Waals surface area (Å²) in [5.41, 5.74) is 0.945. The zero-order chi connectivity index (χ0) is 8.53. The SMILES string of the molecule is CCCCC/C=C(/C=O)CC. The number of unbranched alkanes of at least 4 members (excludes halogenated alkanes) is 3. The third-order valence-corrected chi connectivity index (χ3v) is 1.77. The summed E-state index contributed by atoms with van der Waals surface area (Å²) in [6.45, 7) is 4.20. The number of carbonyl (C=O) groups is 1. The van der Waals surface area contributed by atoms with Crippen molar-refractivity contribution in [1.82, 2.24) is 0 Å². The Morgan fingerprint density at radius 1 is 1.27 bits per heavy atom. The van der Waals surface area contributed by atoms with Gasteiger partial charge in [0.05, 0.1) is 0 Å². The molecule has 1 heteroatoms. The zero-order valence-corrected chi connectivity index (χ0v) is 7.60. The monoisotopic (exact) mass is 154 g/mol. The summed E-state index contributed by atoms with van der Waals surface area (Å²) in [7, 11) is 0. The Hall–Kier alpha value is -0.590. The average Bonchev–Trinajstić information content (AvgIpc) is 2.05. The van der Waals surface area contributed by atoms with Gasteiger partial charge in [-0.15, -0.1) is 0 Å². The Labute approximate surface area is 69.5 Å². The Balaban J connectivity index is 3.44. The molecule has 0 saturated carbocycles. The highest BCUT2D eigenvalue weighted by atomic mass is 16.1. The molecule has 64 valence electrons. The van der Waals surface area contributed by atoms with Crippen molar-refractivity contribution in [3.63, 3.8) is 0 Å². The molecule has 0 radical (unpaired) electrons. The number of allylic oxidation sites excluding steroid dienone is 2. The van der Waals surface area contributed by atoms with Crippen LogP contribution in [-0.4, -0.2) is 6.29 Å². The first-order chi connectivity index (χ1) is 5.35. The fourth-order valence-corrected chi connectivity index (χ4v) is 0.958. The minimum absolute atomic E-state index is 0.871. The van der Waals surface area contributed by atoms with Gasteiger partial charge in [-0.05, 0) is 24.8 Å². The second-order valence-electron chi connectivity index (χ2n) is 2.75. The van der Waals surface area contributed by atoms with E-state index in [4.69, 9.17) is 0 Å². The molecule has 0 rings (SSSR count). The topological polar surface area (TPSA) is 17.1 Å². The average molecular weight is 154 g/mol. The van der Waals surface area contributed by atoms with Crippen LogP contribution in [0.5, 0.6) is 0 Å². The first kappa shape index (κ1) is 10.4. The van der Waals surface area contributed by atoms with E-state index < -0.39 is 0 Å². The molecular weight excluding hydrogens is 136 g/mol. The van der Waals surface area contributed by atoms with Gasteiger partial charge in [-0.3, -0.25) is 4.79 Å². The summed E-state index contributed by atoms with van der Waals surface area (Å²) >= 11 is 0. The van der Waals surface area contributed by atoms with Gasteiger partial charge in [0, 0.05) is 0 Å². The summed E-state index contributed by atoms with van der Waals surface area (Å²) in [5.74, 6) is 0. The normalized spacial score (nSPS) is 11.6. The molecule has 0 aliphatic heterocycles. The fraction of sp³-hybridized carbons (Fsp3) is 0.700. The molecule has 0 bridgehead atoms. The molecule has 11 heavy (non-hydrogen) atoms. The Morgan fingerprint density at radius 2 is 2.00 bits per heavy atom. The molecule has 0 fully saturated rings. The number of hydrogen-bond donors (Lipinski definition) is 0. The van der Waals surface area contributed by atoms with E-state index in [0.29, 0.717) is 0 Å². The van der Waals surface area contributed by atoms with Crippen molar-refractivity contribution in [2.75, 3.05) is 0 Å². The Bertz CT molecular complexity index is 125. The van der Waals surface area contributed by atoms with E-state index in [9.17, 15) is 4.79 Å². The fourth-order valence-electron chi connectivity index (χ4n) is 0.958. The molecule has 0 unspecified atom stereocenters. The third kappa shape index (κ3) is 5.84. The van der Waals surface area contributed by atoms with Crippen molar-refractivity contribution >= 4 is 6.29 Å². The maximum absolute atomic E-state index is 10.3. The van der Waals surface area contributed by atoms with Crippen LogP contribution in [0.3, 0.4) is 0 Å². The maximum atomic E-state index is 10.3. The third-order valence-electron chi connectivity index (χ3n) is 1.77. The van der Waals surface area contributed by atoms with Gasteiger partial charge >= 0.3 is 0 Å². The van der Waals surface area contributed by atoms with Crippen LogP contribution in [0.2, 0.25) is 0 Å². The van der Waals surface area contributed by atoms with Crippen molar-refractivity contribution < 1.29 is 4.79 Å². The number of aldehydes is 1. The summed E-state index contributed by atoms with van der Waals surface area (Å²) in [6, 6.07) is 0. The van der Waals surface area contributed by atoms with E-state index in [-0.39, 0.29) is 0 Å². The van der Waals surface area contributed by atoms with Crippen LogP contribution in [0.15, 0.2) is 11.6 Å². The summed E-state index contributed by atoms with van der Waals surface area (Å²) in [5, 5.41) is 0. The molecule has 0 amide bonds. The van der Waals surface area contributed by atoms with Gasteiger partial charge in [-0.2, -0.15) is 0 Å². The van der Waals surface area contributed by atoms with Gasteiger partial charge in [-0.25, -0.2) is 0 Å². The predicted octanol–water partition coefficient (Wildman–Crippen LogP) is 3.10. The molecule has 0 saturated heterocycles. The smallest absolute Gasteiger partial charge is 0.145 e. The predicted molar refractivity (Wildman–Crippen MR) is 48.6 cm³/mol. The van der Waals surface area contributed by atoms with Crippen LogP contribution in [0.4, 0.5) is 0 Å². The second kappa shape index (κ2) is 7.52. The second-order valence-corrected chi connectivity index (χ2v) is 2.75. The van der Waals surface area contributed by atoms with Crippen LogP contribution < -0.4 is 0 Å². The van der Waals surface area contributed by atoms with Crippen LogP contribution in [0.25, 0.3) is 0 Å². The minimum Gasteiger partial charge on any atom is -0.298 e. The molecule has 1 nitrogen and oxygen atoms in total. The number of carbonyl (C=O) groups excluding carboxylic acids is 1. The molecule has 0 atom stereocenters. The summed E-state index contributed by atoms with van der Waals surface area (Å²) < 4.78 is 0. The molecule has 0 aromatic heterocycles. The van der Waals surface area contributed by atoms with Gasteiger partial charge in [0.1, 0.15) is 6.29 Å². The number of hydrogen-bond acceptors (Lipinski definition) is 1. The minimum atomic E-state index is 0.871. The molecule has 0 heterocycles. The largest absolute Gasteiger partial charge is 0.298 e. The first-order valence-electron chi connectivity index (χ1n) is 4.49. The molecule has 0 aromatic rings. The first-order valence-corrected chi connectivity index (χ1v) is 4.49. The lowest BCUT2D eigenvalue weighted by Crippen LogP contribution is -1.81. The van der Waals surface area contributed by atoms with Gasteiger partial charge < -0.3 is 0 Å². The maximum Gasteiger partial charge on any atom is 0.145 e. The highest BCUT2D eigenvalue weighted by molar-refractivity contribution is 5.72. The van der Waals surface area contributed by atoms with Crippen molar-refractivity contribution in [1.29, 1.82) is 0 Å². The summed E-state index contributed by atoms with van der Waals surface area (Å²) in [4.78, 5) is 10.3. The van der Waals surface area contributed by atoms with E-state index in [0.717, 1.165) is 24.7 Å². The lowest BCUT2D eigenvalue weighted by molar-refractivity contribution is -0.105. The van der Waals surface area contributed by atoms with Gasteiger partial charge in [0.2, 0.25) is 0 Å². The quantitative estimate of drug-likeness (QED) is 0.326. The van der Waals surface area contributed by atoms with Crippen molar-refractivity contribution in [3.8, 4) is 0 Å². The van der Waals surface area contributed by atoms with Crippen LogP contribution in [0.1, 0.15) is 46.0 Å². The standard InChI is InChI=1S/C10H18O/c1-3-5-6-7-8-10(4-2)9-11/h8-9H,3-7H2,1-2H3/b10-8+. The Kier molecular flexibility index (Phi) is 7.11. The molecule has 0 aliphatic carbocycles. The van der Waals surface area contributed by atoms with E-state index in [1.807, 2.05) is 6.92 Å². The van der Waals surface area contributed by atoms with Gasteiger partial charge in [0.25, 0.3) is 0 Å². The molecule has 0 spiro atoms. The van der Waals surface area contributed by atoms with Gasteiger partial charge in [-0.1, -0.05) is 32.8 Å². The van der Waals surface area contributed by atoms with Crippen LogP contribution >= 0.6 is 0 Å². The van der Waals surface area contributed by atoms with E-state index >= 15 is 0 Å². The highest BCUT2D eigenvalue weighted by Crippen LogP contribution is 2.04. The highest BCUT2D eigenvalue weighted by Gasteiger charge is 1.89. The van der Waals surface area contributed by atoms with Crippen molar-refractivity contribution in [3.05, 3.63) is 11.6 Å². The molecule has 0 aliphatic rings. The Morgan fingerprint density at radius 3 is 2.45 bits per heavy atom. The number of rotatable bonds is 6. The van der Waals surface area contributed by atoms with Gasteiger partial charge in [0.15, 0.2) is 0 Å². The lowest BCUT2D eigenvalue weighted by atomic mass is 10.1. The molecule has 0 N–H and O–H groups in total. The zero-order valence-electron chi connectivity index (χ0n) is 7.60. The van der Waals surface area contributed by atoms with E-state index in [1.165, 1.54) is 19.3 Å². The molecular formula is C10H18O. The molecule has 0 aromatic carbocycles. The van der Waals surface area contributed by atoms with Crippen molar-refractivity contribution in [2.24, 2.45) is 0 Å². The van der Waals surface area contributed by atoms with Crippen LogP contribution in [-0.2, 0) is 4.79 Å². The van der Waals surface area contributed by atoms with E-state index in [1.54, 1.807) is 0 Å². The van der Waals surface area contributed by atoms with Crippen LogP contribution in [0, 0.1) is 0 Å². The van der Waals surface area contributed by atoms with E-state index in [2.05, 4.69) is 13.0 Å². The lowest BCUT2D eigenvalue weighted by Gasteiger charge is -1.94.